The molecule has 1 amide bonds. The molecule has 1 aromatic heterocycles. The predicted octanol–water partition coefficient (Wildman–Crippen LogP) is 0.967. The number of rotatable bonds is 6. The molecule has 100 valence electrons. The van der Waals surface area contributed by atoms with Gasteiger partial charge in [0.1, 0.15) is 11.8 Å². The molecule has 18 heavy (non-hydrogen) atoms. The van der Waals surface area contributed by atoms with E-state index in [0.29, 0.717) is 12.2 Å². The number of amides is 1. The number of carbonyl (C=O) groups is 2. The molecule has 0 fully saturated rings. The van der Waals surface area contributed by atoms with Gasteiger partial charge in [-0.15, -0.1) is 0 Å². The second-order valence-corrected chi connectivity index (χ2v) is 4.46. The molecule has 0 bridgehead atoms. The fraction of sp³-hybridized carbons (Fsp3) is 0.500. The van der Waals surface area contributed by atoms with Crippen molar-refractivity contribution in [3.63, 3.8) is 0 Å². The van der Waals surface area contributed by atoms with Gasteiger partial charge in [-0.2, -0.15) is 0 Å². The Labute approximate surface area is 105 Å². The Morgan fingerprint density at radius 1 is 1.44 bits per heavy atom. The maximum absolute atomic E-state index is 11.8. The normalized spacial score (nSPS) is 12.4. The third-order valence-corrected chi connectivity index (χ3v) is 2.40. The van der Waals surface area contributed by atoms with Crippen molar-refractivity contribution in [2.45, 2.75) is 32.9 Å². The van der Waals surface area contributed by atoms with Crippen molar-refractivity contribution in [2.75, 3.05) is 0 Å². The van der Waals surface area contributed by atoms with Crippen LogP contribution in [0.15, 0.2) is 16.5 Å². The van der Waals surface area contributed by atoms with Gasteiger partial charge in [0.05, 0.1) is 6.54 Å². The largest absolute Gasteiger partial charge is 0.480 e. The molecule has 0 aliphatic carbocycles. The molecule has 1 unspecified atom stereocenters. The minimum Gasteiger partial charge on any atom is -0.480 e. The summed E-state index contributed by atoms with van der Waals surface area (Å²) in [6.45, 7) is 3.98. The first-order chi connectivity index (χ1) is 8.43. The second kappa shape index (κ2) is 6.20. The van der Waals surface area contributed by atoms with Crippen LogP contribution in [0.3, 0.4) is 0 Å². The first-order valence-corrected chi connectivity index (χ1v) is 5.76. The van der Waals surface area contributed by atoms with Crippen molar-refractivity contribution in [2.24, 2.45) is 11.7 Å². The summed E-state index contributed by atoms with van der Waals surface area (Å²) in [7, 11) is 0. The predicted molar refractivity (Wildman–Crippen MR) is 64.9 cm³/mol. The van der Waals surface area contributed by atoms with Gasteiger partial charge in [0.2, 0.25) is 0 Å². The molecule has 1 aromatic rings. The average Bonchev–Trinajstić information content (AvgIpc) is 2.75. The summed E-state index contributed by atoms with van der Waals surface area (Å²) in [5.74, 6) is -0.866. The molecule has 6 nitrogen and oxygen atoms in total. The zero-order valence-electron chi connectivity index (χ0n) is 10.5. The summed E-state index contributed by atoms with van der Waals surface area (Å²) in [6, 6.07) is 2.16. The lowest BCUT2D eigenvalue weighted by molar-refractivity contribution is -0.139. The summed E-state index contributed by atoms with van der Waals surface area (Å²) in [5, 5.41) is 11.4. The lowest BCUT2D eigenvalue weighted by atomic mass is 10.0. The smallest absolute Gasteiger partial charge is 0.326 e. The van der Waals surface area contributed by atoms with Gasteiger partial charge in [0.25, 0.3) is 5.91 Å². The van der Waals surface area contributed by atoms with Crippen molar-refractivity contribution in [1.82, 2.24) is 5.32 Å². The molecule has 0 aliphatic rings. The SMILES string of the molecule is CC(C)CC(NC(=O)c1ccc(CN)o1)C(=O)O. The van der Waals surface area contributed by atoms with Crippen molar-refractivity contribution in [1.29, 1.82) is 0 Å². The van der Waals surface area contributed by atoms with Crippen LogP contribution in [0.1, 0.15) is 36.6 Å². The number of carboxylic acid groups (broad SMARTS) is 1. The van der Waals surface area contributed by atoms with E-state index in [9.17, 15) is 9.59 Å². The molecule has 1 rings (SSSR count). The van der Waals surface area contributed by atoms with E-state index in [0.717, 1.165) is 0 Å². The Bertz CT molecular complexity index is 425. The number of carboxylic acids is 1. The molecule has 0 spiro atoms. The molecule has 0 saturated heterocycles. The molecule has 1 heterocycles. The van der Waals surface area contributed by atoms with Gasteiger partial charge in [0.15, 0.2) is 5.76 Å². The highest BCUT2D eigenvalue weighted by Gasteiger charge is 2.23. The Kier molecular flexibility index (Phi) is 4.91. The zero-order chi connectivity index (χ0) is 13.7. The van der Waals surface area contributed by atoms with Crippen LogP contribution in [0.2, 0.25) is 0 Å². The first kappa shape index (κ1) is 14.2. The van der Waals surface area contributed by atoms with Gasteiger partial charge in [-0.3, -0.25) is 4.79 Å². The van der Waals surface area contributed by atoms with Gasteiger partial charge < -0.3 is 20.6 Å². The minimum atomic E-state index is -1.05. The number of hydrogen-bond acceptors (Lipinski definition) is 4. The van der Waals surface area contributed by atoms with Crippen LogP contribution in [-0.2, 0) is 11.3 Å². The maximum Gasteiger partial charge on any atom is 0.326 e. The lowest BCUT2D eigenvalue weighted by Crippen LogP contribution is -2.41. The molecular formula is C12H18N2O4. The number of hydrogen-bond donors (Lipinski definition) is 3. The quantitative estimate of drug-likeness (QED) is 0.701. The van der Waals surface area contributed by atoms with Crippen molar-refractivity contribution < 1.29 is 19.1 Å². The minimum absolute atomic E-state index is 0.0745. The first-order valence-electron chi connectivity index (χ1n) is 5.76. The average molecular weight is 254 g/mol. The second-order valence-electron chi connectivity index (χ2n) is 4.46. The monoisotopic (exact) mass is 254 g/mol. The van der Waals surface area contributed by atoms with Crippen LogP contribution in [0.4, 0.5) is 0 Å². The molecule has 6 heteroatoms. The van der Waals surface area contributed by atoms with Gasteiger partial charge in [-0.25, -0.2) is 4.79 Å². The molecule has 0 aliphatic heterocycles. The van der Waals surface area contributed by atoms with Gasteiger partial charge in [-0.05, 0) is 24.5 Å². The van der Waals surface area contributed by atoms with Crippen LogP contribution in [0.25, 0.3) is 0 Å². The molecular weight excluding hydrogens is 236 g/mol. The standard InChI is InChI=1S/C12H18N2O4/c1-7(2)5-9(12(16)17)14-11(15)10-4-3-8(6-13)18-10/h3-4,7,9H,5-6,13H2,1-2H3,(H,14,15)(H,16,17). The lowest BCUT2D eigenvalue weighted by Gasteiger charge is -2.15. The van der Waals surface area contributed by atoms with Crippen LogP contribution < -0.4 is 11.1 Å². The Hall–Kier alpha value is -1.82. The Balaban J connectivity index is 2.69. The van der Waals surface area contributed by atoms with E-state index in [1.54, 1.807) is 6.07 Å². The number of carbonyl (C=O) groups excluding carboxylic acids is 1. The highest BCUT2D eigenvalue weighted by molar-refractivity contribution is 5.94. The molecule has 0 saturated carbocycles. The van der Waals surface area contributed by atoms with Crippen LogP contribution in [0.5, 0.6) is 0 Å². The number of aliphatic carboxylic acids is 1. The fourth-order valence-electron chi connectivity index (χ4n) is 1.53. The summed E-state index contributed by atoms with van der Waals surface area (Å²) < 4.78 is 5.15. The van der Waals surface area contributed by atoms with Crippen LogP contribution >= 0.6 is 0 Å². The maximum atomic E-state index is 11.8. The van der Waals surface area contributed by atoms with E-state index >= 15 is 0 Å². The summed E-state index contributed by atoms with van der Waals surface area (Å²) >= 11 is 0. The molecule has 0 radical (unpaired) electrons. The van der Waals surface area contributed by atoms with Crippen molar-refractivity contribution in [3.8, 4) is 0 Å². The topological polar surface area (TPSA) is 106 Å². The molecule has 4 N–H and O–H groups in total. The van der Waals surface area contributed by atoms with E-state index in [-0.39, 0.29) is 18.2 Å². The summed E-state index contributed by atoms with van der Waals surface area (Å²) in [4.78, 5) is 22.8. The highest BCUT2D eigenvalue weighted by atomic mass is 16.4. The number of nitrogens with two attached hydrogens (primary N) is 1. The van der Waals surface area contributed by atoms with Gasteiger partial charge >= 0.3 is 5.97 Å². The Morgan fingerprint density at radius 2 is 2.11 bits per heavy atom. The third kappa shape index (κ3) is 3.89. The number of nitrogens with one attached hydrogen (secondary N) is 1. The number of furan rings is 1. The van der Waals surface area contributed by atoms with Gasteiger partial charge in [0, 0.05) is 0 Å². The summed E-state index contributed by atoms with van der Waals surface area (Å²) in [5.41, 5.74) is 5.36. The van der Waals surface area contributed by atoms with E-state index in [4.69, 9.17) is 15.3 Å². The molecule has 1 atom stereocenters. The van der Waals surface area contributed by atoms with E-state index in [1.165, 1.54) is 6.07 Å². The van der Waals surface area contributed by atoms with Crippen molar-refractivity contribution >= 4 is 11.9 Å². The van der Waals surface area contributed by atoms with E-state index in [2.05, 4.69) is 5.32 Å². The highest BCUT2D eigenvalue weighted by Crippen LogP contribution is 2.09. The van der Waals surface area contributed by atoms with E-state index in [1.807, 2.05) is 13.8 Å². The zero-order valence-corrected chi connectivity index (χ0v) is 10.5. The third-order valence-electron chi connectivity index (χ3n) is 2.40. The summed E-state index contributed by atoms with van der Waals surface area (Å²) in [6.07, 6.45) is 0.367. The molecule has 0 aromatic carbocycles. The van der Waals surface area contributed by atoms with Crippen LogP contribution in [0, 0.1) is 5.92 Å². The van der Waals surface area contributed by atoms with Gasteiger partial charge in [-0.1, -0.05) is 13.8 Å². The fourth-order valence-corrected chi connectivity index (χ4v) is 1.53. The Morgan fingerprint density at radius 3 is 2.56 bits per heavy atom. The van der Waals surface area contributed by atoms with E-state index < -0.39 is 17.9 Å². The van der Waals surface area contributed by atoms with Crippen molar-refractivity contribution in [3.05, 3.63) is 23.7 Å². The van der Waals surface area contributed by atoms with Crippen LogP contribution in [-0.4, -0.2) is 23.0 Å².